The lowest BCUT2D eigenvalue weighted by molar-refractivity contribution is 0.298. The molecule has 0 bridgehead atoms. The molecule has 0 unspecified atom stereocenters. The Bertz CT molecular complexity index is 546. The summed E-state index contributed by atoms with van der Waals surface area (Å²) in [5.41, 5.74) is 1.44. The van der Waals surface area contributed by atoms with Gasteiger partial charge in [0.25, 0.3) is 0 Å². The minimum absolute atomic E-state index is 0.179. The lowest BCUT2D eigenvalue weighted by Crippen LogP contribution is -2.06. The molecule has 3 nitrogen and oxygen atoms in total. The maximum Gasteiger partial charge on any atom is 0.138 e. The summed E-state index contributed by atoms with van der Waals surface area (Å²) in [5.74, 6) is 0.349. The monoisotopic (exact) mass is 324 g/mol. The standard InChI is InChI=1S/C14H14BrFN2O/c1-17-7-12-3-4-13(8-18-12)19-9-10-6-11(15)2-5-14(10)16/h2-6,8,17H,7,9H2,1H3. The quantitative estimate of drug-likeness (QED) is 0.916. The maximum atomic E-state index is 13.5. The number of hydrogen-bond acceptors (Lipinski definition) is 3. The average molecular weight is 325 g/mol. The molecule has 0 atom stereocenters. The normalized spacial score (nSPS) is 10.5. The van der Waals surface area contributed by atoms with Crippen LogP contribution >= 0.6 is 15.9 Å². The molecule has 1 aromatic heterocycles. The molecule has 0 saturated carbocycles. The summed E-state index contributed by atoms with van der Waals surface area (Å²) in [6, 6.07) is 8.49. The predicted octanol–water partition coefficient (Wildman–Crippen LogP) is 3.28. The smallest absolute Gasteiger partial charge is 0.138 e. The van der Waals surface area contributed by atoms with E-state index in [0.717, 1.165) is 10.2 Å². The van der Waals surface area contributed by atoms with Crippen molar-refractivity contribution in [1.82, 2.24) is 10.3 Å². The molecule has 0 aliphatic rings. The molecule has 2 rings (SSSR count). The maximum absolute atomic E-state index is 13.5. The van der Waals surface area contributed by atoms with Crippen LogP contribution in [0.1, 0.15) is 11.3 Å². The largest absolute Gasteiger partial charge is 0.487 e. The first-order valence-electron chi connectivity index (χ1n) is 5.85. The summed E-state index contributed by atoms with van der Waals surface area (Å²) < 4.78 is 19.9. The van der Waals surface area contributed by atoms with Crippen molar-refractivity contribution in [2.45, 2.75) is 13.2 Å². The van der Waals surface area contributed by atoms with Crippen LogP contribution in [-0.4, -0.2) is 12.0 Å². The molecule has 0 radical (unpaired) electrons. The lowest BCUT2D eigenvalue weighted by Gasteiger charge is -2.08. The zero-order chi connectivity index (χ0) is 13.7. The van der Waals surface area contributed by atoms with Gasteiger partial charge in [0.05, 0.1) is 11.9 Å². The van der Waals surface area contributed by atoms with E-state index in [9.17, 15) is 4.39 Å². The first kappa shape index (κ1) is 14.0. The van der Waals surface area contributed by atoms with Crippen molar-refractivity contribution in [1.29, 1.82) is 0 Å². The van der Waals surface area contributed by atoms with E-state index in [0.29, 0.717) is 17.9 Å². The Kier molecular flexibility index (Phi) is 4.87. The molecule has 0 amide bonds. The second kappa shape index (κ2) is 6.63. The fraction of sp³-hybridized carbons (Fsp3) is 0.214. The Morgan fingerprint density at radius 3 is 2.84 bits per heavy atom. The highest BCUT2D eigenvalue weighted by atomic mass is 79.9. The SMILES string of the molecule is CNCc1ccc(OCc2cc(Br)ccc2F)cn1. The Morgan fingerprint density at radius 1 is 1.32 bits per heavy atom. The van der Waals surface area contributed by atoms with Crippen molar-refractivity contribution in [3.8, 4) is 5.75 Å². The molecule has 1 heterocycles. The molecule has 0 spiro atoms. The lowest BCUT2D eigenvalue weighted by atomic mass is 10.2. The molecule has 1 N–H and O–H groups in total. The van der Waals surface area contributed by atoms with Crippen molar-refractivity contribution in [2.75, 3.05) is 7.05 Å². The van der Waals surface area contributed by atoms with E-state index in [4.69, 9.17) is 4.74 Å². The zero-order valence-electron chi connectivity index (χ0n) is 10.5. The number of aromatic nitrogens is 1. The van der Waals surface area contributed by atoms with E-state index in [2.05, 4.69) is 26.2 Å². The highest BCUT2D eigenvalue weighted by molar-refractivity contribution is 9.10. The van der Waals surface area contributed by atoms with Crippen molar-refractivity contribution < 1.29 is 9.13 Å². The van der Waals surface area contributed by atoms with E-state index < -0.39 is 0 Å². The molecule has 0 aliphatic heterocycles. The average Bonchev–Trinajstić information content (AvgIpc) is 2.42. The van der Waals surface area contributed by atoms with E-state index in [1.807, 2.05) is 19.2 Å². The third-order valence-electron chi connectivity index (χ3n) is 2.56. The van der Waals surface area contributed by atoms with Crippen molar-refractivity contribution in [3.63, 3.8) is 0 Å². The fourth-order valence-corrected chi connectivity index (χ4v) is 2.01. The zero-order valence-corrected chi connectivity index (χ0v) is 12.1. The molecule has 1 aromatic carbocycles. The molecule has 5 heteroatoms. The van der Waals surface area contributed by atoms with Crippen LogP contribution in [0.4, 0.5) is 4.39 Å². The highest BCUT2D eigenvalue weighted by Crippen LogP contribution is 2.18. The van der Waals surface area contributed by atoms with Gasteiger partial charge in [-0.3, -0.25) is 4.98 Å². The molecular weight excluding hydrogens is 311 g/mol. The highest BCUT2D eigenvalue weighted by Gasteiger charge is 2.04. The molecule has 2 aromatic rings. The minimum Gasteiger partial charge on any atom is -0.487 e. The van der Waals surface area contributed by atoms with Crippen LogP contribution in [0, 0.1) is 5.82 Å². The summed E-state index contributed by atoms with van der Waals surface area (Å²) in [7, 11) is 1.86. The molecule has 100 valence electrons. The van der Waals surface area contributed by atoms with E-state index >= 15 is 0 Å². The molecular formula is C14H14BrFN2O. The topological polar surface area (TPSA) is 34.1 Å². The van der Waals surface area contributed by atoms with Gasteiger partial charge < -0.3 is 10.1 Å². The van der Waals surface area contributed by atoms with Gasteiger partial charge in [0.15, 0.2) is 0 Å². The van der Waals surface area contributed by atoms with Crippen LogP contribution in [0.25, 0.3) is 0 Å². The second-order valence-electron chi connectivity index (χ2n) is 4.04. The molecule has 0 aliphatic carbocycles. The van der Waals surface area contributed by atoms with Crippen LogP contribution in [-0.2, 0) is 13.2 Å². The van der Waals surface area contributed by atoms with Gasteiger partial charge in [0.1, 0.15) is 18.2 Å². The summed E-state index contributed by atoms with van der Waals surface area (Å²) in [6.07, 6.45) is 1.64. The number of rotatable bonds is 5. The van der Waals surface area contributed by atoms with Crippen molar-refractivity contribution >= 4 is 15.9 Å². The fourth-order valence-electron chi connectivity index (χ4n) is 1.60. The number of ether oxygens (including phenoxy) is 1. The van der Waals surface area contributed by atoms with Crippen LogP contribution in [0.3, 0.4) is 0 Å². The van der Waals surface area contributed by atoms with Gasteiger partial charge >= 0.3 is 0 Å². The summed E-state index contributed by atoms with van der Waals surface area (Å²) in [5, 5.41) is 3.02. The summed E-state index contributed by atoms with van der Waals surface area (Å²) >= 11 is 3.31. The van der Waals surface area contributed by atoms with Crippen molar-refractivity contribution in [3.05, 3.63) is 58.1 Å². The van der Waals surface area contributed by atoms with E-state index in [-0.39, 0.29) is 12.4 Å². The van der Waals surface area contributed by atoms with Crippen LogP contribution in [0.5, 0.6) is 5.75 Å². The Balaban J connectivity index is 2.00. The number of pyridine rings is 1. The number of halogens is 2. The number of nitrogens with zero attached hydrogens (tertiary/aromatic N) is 1. The first-order chi connectivity index (χ1) is 9.19. The van der Waals surface area contributed by atoms with Gasteiger partial charge in [-0.25, -0.2) is 4.39 Å². The number of hydrogen-bond donors (Lipinski definition) is 1. The molecule has 0 saturated heterocycles. The van der Waals surface area contributed by atoms with Crippen LogP contribution < -0.4 is 10.1 Å². The van der Waals surface area contributed by atoms with Gasteiger partial charge in [0, 0.05) is 16.6 Å². The number of nitrogens with one attached hydrogen (secondary N) is 1. The number of benzene rings is 1. The third kappa shape index (κ3) is 4.01. The van der Waals surface area contributed by atoms with Gasteiger partial charge in [-0.2, -0.15) is 0 Å². The second-order valence-corrected chi connectivity index (χ2v) is 4.96. The van der Waals surface area contributed by atoms with Gasteiger partial charge in [0.2, 0.25) is 0 Å². The van der Waals surface area contributed by atoms with E-state index in [1.54, 1.807) is 18.3 Å². The Morgan fingerprint density at radius 2 is 2.16 bits per heavy atom. The Hall–Kier alpha value is -1.46. The Labute approximate surface area is 119 Å². The van der Waals surface area contributed by atoms with E-state index in [1.165, 1.54) is 6.07 Å². The van der Waals surface area contributed by atoms with Gasteiger partial charge in [-0.05, 0) is 37.4 Å². The predicted molar refractivity (Wildman–Crippen MR) is 75.4 cm³/mol. The van der Waals surface area contributed by atoms with Crippen LogP contribution in [0.15, 0.2) is 41.0 Å². The molecule has 0 fully saturated rings. The van der Waals surface area contributed by atoms with Crippen LogP contribution in [0.2, 0.25) is 0 Å². The summed E-state index contributed by atoms with van der Waals surface area (Å²) in [6.45, 7) is 0.888. The van der Waals surface area contributed by atoms with Gasteiger partial charge in [-0.1, -0.05) is 15.9 Å². The summed E-state index contributed by atoms with van der Waals surface area (Å²) in [4.78, 5) is 4.23. The third-order valence-corrected chi connectivity index (χ3v) is 3.05. The molecule has 19 heavy (non-hydrogen) atoms. The first-order valence-corrected chi connectivity index (χ1v) is 6.64. The van der Waals surface area contributed by atoms with Crippen molar-refractivity contribution in [2.24, 2.45) is 0 Å². The minimum atomic E-state index is -0.275. The van der Waals surface area contributed by atoms with Gasteiger partial charge in [-0.15, -0.1) is 0 Å².